The topological polar surface area (TPSA) is 50.4 Å². The van der Waals surface area contributed by atoms with E-state index in [4.69, 9.17) is 4.74 Å². The van der Waals surface area contributed by atoms with Crippen molar-refractivity contribution < 1.29 is 9.53 Å². The van der Waals surface area contributed by atoms with E-state index < -0.39 is 0 Å². The van der Waals surface area contributed by atoms with Gasteiger partial charge in [0.1, 0.15) is 0 Å². The molecule has 0 aromatic rings. The summed E-state index contributed by atoms with van der Waals surface area (Å²) in [4.78, 5) is 13.1. The molecule has 4 nitrogen and oxygen atoms in total. The molecule has 0 aromatic heterocycles. The summed E-state index contributed by atoms with van der Waals surface area (Å²) in [6, 6.07) is 0. The minimum Gasteiger partial charge on any atom is -0.487 e. The van der Waals surface area contributed by atoms with E-state index in [0.717, 1.165) is 38.2 Å². The first-order valence-electron chi connectivity index (χ1n) is 9.53. The molecule has 0 spiro atoms. The van der Waals surface area contributed by atoms with E-state index in [0.29, 0.717) is 18.3 Å². The maximum Gasteiger partial charge on any atom is 0.202 e. The first kappa shape index (κ1) is 19.0. The summed E-state index contributed by atoms with van der Waals surface area (Å²) in [5.74, 6) is 1.12. The zero-order valence-corrected chi connectivity index (χ0v) is 15.8. The van der Waals surface area contributed by atoms with Crippen molar-refractivity contribution in [2.24, 2.45) is 17.3 Å². The van der Waals surface area contributed by atoms with Crippen LogP contribution in [0.15, 0.2) is 23.6 Å². The zero-order chi connectivity index (χ0) is 17.6. The molecule has 0 amide bonds. The molecule has 0 aliphatic heterocycles. The molecule has 1 fully saturated rings. The lowest BCUT2D eigenvalue weighted by Crippen LogP contribution is -2.32. The molecule has 0 radical (unpaired) electrons. The summed E-state index contributed by atoms with van der Waals surface area (Å²) in [7, 11) is 0. The lowest BCUT2D eigenvalue weighted by atomic mass is 9.83. The standard InChI is InChI=1S/C20H34N2O2/c1-5-16-15(3)8-7-9-17(22-13-12-21-6-2)19(18(16)23)24-14-20(4)10-11-20/h7,9,15-16,21-22H,5-6,8,10-14H2,1-4H3. The molecule has 1 saturated carbocycles. The fourth-order valence-corrected chi connectivity index (χ4v) is 3.14. The van der Waals surface area contributed by atoms with E-state index in [9.17, 15) is 4.79 Å². The van der Waals surface area contributed by atoms with Crippen LogP contribution in [-0.4, -0.2) is 32.0 Å². The van der Waals surface area contributed by atoms with Gasteiger partial charge in [0.2, 0.25) is 5.78 Å². The van der Waals surface area contributed by atoms with Crippen LogP contribution in [0, 0.1) is 17.3 Å². The van der Waals surface area contributed by atoms with E-state index in [1.807, 2.05) is 6.08 Å². The molecule has 2 aliphatic carbocycles. The number of nitrogens with one attached hydrogen (secondary N) is 2. The summed E-state index contributed by atoms with van der Waals surface area (Å²) < 4.78 is 6.10. The van der Waals surface area contributed by atoms with Crippen LogP contribution in [0.2, 0.25) is 0 Å². The molecular formula is C20H34N2O2. The van der Waals surface area contributed by atoms with Gasteiger partial charge in [-0.2, -0.15) is 0 Å². The molecule has 2 unspecified atom stereocenters. The SMILES string of the molecule is CCNCCNC1=C(OCC2(C)CC2)C(=O)C(CC)C(C)CC=C1. The van der Waals surface area contributed by atoms with Crippen molar-refractivity contribution in [1.82, 2.24) is 10.6 Å². The number of carbonyl (C=O) groups is 1. The highest BCUT2D eigenvalue weighted by Crippen LogP contribution is 2.45. The number of Topliss-reactive ketones (excluding diaryl/α,β-unsaturated/α-hetero) is 1. The Kier molecular flexibility index (Phi) is 6.90. The number of likely N-dealkylation sites (N-methyl/N-ethyl adjacent to an activating group) is 1. The second-order valence-electron chi connectivity index (χ2n) is 7.62. The zero-order valence-electron chi connectivity index (χ0n) is 15.8. The van der Waals surface area contributed by atoms with E-state index in [1.165, 1.54) is 12.8 Å². The lowest BCUT2D eigenvalue weighted by Gasteiger charge is -2.26. The van der Waals surface area contributed by atoms with Crippen molar-refractivity contribution in [2.75, 3.05) is 26.2 Å². The first-order valence-corrected chi connectivity index (χ1v) is 9.53. The Morgan fingerprint density at radius 3 is 2.67 bits per heavy atom. The van der Waals surface area contributed by atoms with E-state index >= 15 is 0 Å². The van der Waals surface area contributed by atoms with Crippen LogP contribution in [0.4, 0.5) is 0 Å². The van der Waals surface area contributed by atoms with Crippen LogP contribution in [0.25, 0.3) is 0 Å². The van der Waals surface area contributed by atoms with Crippen molar-refractivity contribution in [2.45, 2.75) is 53.4 Å². The molecule has 2 N–H and O–H groups in total. The Labute approximate surface area is 147 Å². The summed E-state index contributed by atoms with van der Waals surface area (Å²) >= 11 is 0. The summed E-state index contributed by atoms with van der Waals surface area (Å²) in [6.45, 7) is 11.9. The first-order chi connectivity index (χ1) is 11.5. The largest absolute Gasteiger partial charge is 0.487 e. The van der Waals surface area contributed by atoms with E-state index in [2.05, 4.69) is 44.4 Å². The summed E-state index contributed by atoms with van der Waals surface area (Å²) in [6.07, 6.45) is 8.41. The van der Waals surface area contributed by atoms with Crippen LogP contribution in [-0.2, 0) is 9.53 Å². The van der Waals surface area contributed by atoms with Crippen molar-refractivity contribution in [3.05, 3.63) is 23.6 Å². The quantitative estimate of drug-likeness (QED) is 0.635. The number of allylic oxidation sites excluding steroid dienone is 3. The highest BCUT2D eigenvalue weighted by molar-refractivity contribution is 5.96. The highest BCUT2D eigenvalue weighted by Gasteiger charge is 2.39. The van der Waals surface area contributed by atoms with Crippen molar-refractivity contribution in [3.63, 3.8) is 0 Å². The van der Waals surface area contributed by atoms with Gasteiger partial charge in [-0.1, -0.05) is 33.8 Å². The molecule has 0 heterocycles. The van der Waals surface area contributed by atoms with Crippen molar-refractivity contribution >= 4 is 5.78 Å². The Morgan fingerprint density at radius 2 is 2.04 bits per heavy atom. The van der Waals surface area contributed by atoms with Gasteiger partial charge in [0, 0.05) is 24.4 Å². The van der Waals surface area contributed by atoms with Gasteiger partial charge in [-0.15, -0.1) is 0 Å². The Hall–Kier alpha value is -1.29. The Bertz CT molecular complexity index is 492. The smallest absolute Gasteiger partial charge is 0.202 e. The van der Waals surface area contributed by atoms with Crippen LogP contribution in [0.5, 0.6) is 0 Å². The Balaban J connectivity index is 2.17. The fraction of sp³-hybridized carbons (Fsp3) is 0.750. The molecule has 0 bridgehead atoms. The second-order valence-corrected chi connectivity index (χ2v) is 7.62. The Morgan fingerprint density at radius 1 is 1.29 bits per heavy atom. The minimum absolute atomic E-state index is 0.0440. The minimum atomic E-state index is 0.0440. The molecule has 2 rings (SSSR count). The third-order valence-electron chi connectivity index (χ3n) is 5.26. The number of hydrogen-bond donors (Lipinski definition) is 2. The number of ketones is 1. The average Bonchev–Trinajstić information content (AvgIpc) is 3.28. The lowest BCUT2D eigenvalue weighted by molar-refractivity contribution is -0.124. The maximum atomic E-state index is 13.1. The number of hydrogen-bond acceptors (Lipinski definition) is 4. The van der Waals surface area contributed by atoms with Gasteiger partial charge in [-0.05, 0) is 44.2 Å². The highest BCUT2D eigenvalue weighted by atomic mass is 16.5. The van der Waals surface area contributed by atoms with Crippen LogP contribution >= 0.6 is 0 Å². The molecule has 136 valence electrons. The monoisotopic (exact) mass is 334 g/mol. The predicted octanol–water partition coefficient (Wildman–Crippen LogP) is 3.41. The molecule has 4 heteroatoms. The van der Waals surface area contributed by atoms with E-state index in [-0.39, 0.29) is 17.1 Å². The number of carbonyl (C=O) groups excluding carboxylic acids is 1. The third-order valence-corrected chi connectivity index (χ3v) is 5.26. The predicted molar refractivity (Wildman–Crippen MR) is 98.6 cm³/mol. The molecule has 0 aromatic carbocycles. The van der Waals surface area contributed by atoms with Gasteiger partial charge in [-0.25, -0.2) is 0 Å². The van der Waals surface area contributed by atoms with Crippen LogP contribution in [0.3, 0.4) is 0 Å². The van der Waals surface area contributed by atoms with Crippen LogP contribution in [0.1, 0.15) is 53.4 Å². The van der Waals surface area contributed by atoms with Gasteiger partial charge >= 0.3 is 0 Å². The molecular weight excluding hydrogens is 300 g/mol. The average molecular weight is 335 g/mol. The van der Waals surface area contributed by atoms with Crippen molar-refractivity contribution in [1.29, 1.82) is 0 Å². The van der Waals surface area contributed by atoms with Gasteiger partial charge in [-0.3, -0.25) is 4.79 Å². The van der Waals surface area contributed by atoms with Gasteiger partial charge in [0.15, 0.2) is 5.76 Å². The fourth-order valence-electron chi connectivity index (χ4n) is 3.14. The van der Waals surface area contributed by atoms with Gasteiger partial charge < -0.3 is 15.4 Å². The third kappa shape index (κ3) is 5.10. The number of rotatable bonds is 9. The van der Waals surface area contributed by atoms with Gasteiger partial charge in [0.25, 0.3) is 0 Å². The second kappa shape index (κ2) is 8.70. The van der Waals surface area contributed by atoms with Crippen molar-refractivity contribution in [3.8, 4) is 0 Å². The number of ether oxygens (including phenoxy) is 1. The molecule has 2 aliphatic rings. The van der Waals surface area contributed by atoms with Gasteiger partial charge in [0.05, 0.1) is 12.3 Å². The summed E-state index contributed by atoms with van der Waals surface area (Å²) in [5.41, 5.74) is 1.12. The van der Waals surface area contributed by atoms with Crippen LogP contribution < -0.4 is 10.6 Å². The molecule has 0 saturated heterocycles. The molecule has 2 atom stereocenters. The maximum absolute atomic E-state index is 13.1. The normalized spacial score (nSPS) is 26.1. The molecule has 24 heavy (non-hydrogen) atoms. The summed E-state index contributed by atoms with van der Waals surface area (Å²) in [5, 5.41) is 6.71. The van der Waals surface area contributed by atoms with E-state index in [1.54, 1.807) is 0 Å².